The number of rotatable bonds is 5. The van der Waals surface area contributed by atoms with Crippen molar-refractivity contribution in [3.05, 3.63) is 57.0 Å². The third-order valence-corrected chi connectivity index (χ3v) is 3.81. The van der Waals surface area contributed by atoms with Crippen LogP contribution in [0, 0.1) is 20.8 Å². The van der Waals surface area contributed by atoms with Crippen molar-refractivity contribution >= 4 is 5.91 Å². The number of nitrogens with zero attached hydrogens (tertiary/aromatic N) is 2. The summed E-state index contributed by atoms with van der Waals surface area (Å²) in [5, 5.41) is 6.21. The molecule has 23 heavy (non-hydrogen) atoms. The van der Waals surface area contributed by atoms with Gasteiger partial charge >= 0.3 is 0 Å². The highest BCUT2D eigenvalue weighted by Gasteiger charge is 2.19. The number of H-pyrrole nitrogens is 1. The van der Waals surface area contributed by atoms with Crippen molar-refractivity contribution in [3.8, 4) is 5.75 Å². The van der Waals surface area contributed by atoms with E-state index in [4.69, 9.17) is 4.74 Å². The van der Waals surface area contributed by atoms with Crippen LogP contribution < -0.4 is 10.3 Å². The average molecular weight is 315 g/mol. The molecular weight excluding hydrogens is 294 g/mol. The number of hydrogen-bond acceptors (Lipinski definition) is 4. The van der Waals surface area contributed by atoms with Gasteiger partial charge in [0.2, 0.25) is 0 Å². The van der Waals surface area contributed by atoms with Crippen LogP contribution in [0.2, 0.25) is 0 Å². The molecule has 0 bridgehead atoms. The number of carbonyl (C=O) groups is 1. The Morgan fingerprint density at radius 3 is 2.65 bits per heavy atom. The van der Waals surface area contributed by atoms with Gasteiger partial charge in [0.25, 0.3) is 11.5 Å². The SMILES string of the molecule is Cc1ccccc1OCCN(C)C(=O)c1c(C)c(C)n[nH]c1=O. The Labute approximate surface area is 135 Å². The molecule has 0 fully saturated rings. The second-order valence-electron chi connectivity index (χ2n) is 5.48. The molecule has 0 saturated carbocycles. The molecule has 1 aromatic heterocycles. The second kappa shape index (κ2) is 7.09. The van der Waals surface area contributed by atoms with E-state index in [1.807, 2.05) is 31.2 Å². The van der Waals surface area contributed by atoms with Gasteiger partial charge in [0.1, 0.15) is 17.9 Å². The fraction of sp³-hybridized carbons (Fsp3) is 0.353. The summed E-state index contributed by atoms with van der Waals surface area (Å²) in [6.45, 7) is 6.18. The first-order valence-corrected chi connectivity index (χ1v) is 7.41. The molecule has 0 unspecified atom stereocenters. The molecule has 0 atom stereocenters. The number of carbonyl (C=O) groups excluding carboxylic acids is 1. The Morgan fingerprint density at radius 2 is 1.96 bits per heavy atom. The highest BCUT2D eigenvalue weighted by atomic mass is 16.5. The molecule has 1 aromatic carbocycles. The number of likely N-dealkylation sites (N-methyl/N-ethyl adjacent to an activating group) is 1. The van der Waals surface area contributed by atoms with Gasteiger partial charge in [-0.3, -0.25) is 9.59 Å². The second-order valence-corrected chi connectivity index (χ2v) is 5.48. The first-order valence-electron chi connectivity index (χ1n) is 7.41. The number of aromatic amines is 1. The minimum Gasteiger partial charge on any atom is -0.491 e. The van der Waals surface area contributed by atoms with Gasteiger partial charge in [-0.1, -0.05) is 18.2 Å². The van der Waals surface area contributed by atoms with Crippen LogP contribution in [0.5, 0.6) is 5.75 Å². The van der Waals surface area contributed by atoms with E-state index >= 15 is 0 Å². The lowest BCUT2D eigenvalue weighted by molar-refractivity contribution is 0.0770. The molecular formula is C17H21N3O3. The minimum absolute atomic E-state index is 0.135. The Morgan fingerprint density at radius 1 is 1.26 bits per heavy atom. The predicted molar refractivity (Wildman–Crippen MR) is 88.0 cm³/mol. The van der Waals surface area contributed by atoms with E-state index in [0.29, 0.717) is 24.4 Å². The Bertz CT molecular complexity index is 768. The number of nitrogens with one attached hydrogen (secondary N) is 1. The van der Waals surface area contributed by atoms with Gasteiger partial charge in [0.15, 0.2) is 0 Å². The summed E-state index contributed by atoms with van der Waals surface area (Å²) in [5.41, 5.74) is 1.95. The molecule has 0 aliphatic heterocycles. The molecule has 0 aliphatic rings. The van der Waals surface area contributed by atoms with Gasteiger partial charge in [-0.15, -0.1) is 0 Å². The van der Waals surface area contributed by atoms with Crippen molar-refractivity contribution < 1.29 is 9.53 Å². The lowest BCUT2D eigenvalue weighted by Crippen LogP contribution is -2.36. The van der Waals surface area contributed by atoms with Crippen LogP contribution >= 0.6 is 0 Å². The van der Waals surface area contributed by atoms with Crippen molar-refractivity contribution in [2.75, 3.05) is 20.2 Å². The molecule has 2 rings (SSSR count). The molecule has 1 amide bonds. The van der Waals surface area contributed by atoms with Gasteiger partial charge in [-0.05, 0) is 38.0 Å². The molecule has 2 aromatic rings. The number of benzene rings is 1. The zero-order valence-electron chi connectivity index (χ0n) is 13.8. The molecule has 6 nitrogen and oxygen atoms in total. The summed E-state index contributed by atoms with van der Waals surface area (Å²) in [6, 6.07) is 7.70. The molecule has 0 spiro atoms. The van der Waals surface area contributed by atoms with Crippen molar-refractivity contribution in [2.24, 2.45) is 0 Å². The number of ether oxygens (including phenoxy) is 1. The van der Waals surface area contributed by atoms with Gasteiger partial charge in [-0.25, -0.2) is 5.10 Å². The molecule has 6 heteroatoms. The molecule has 0 radical (unpaired) electrons. The van der Waals surface area contributed by atoms with Crippen molar-refractivity contribution in [1.29, 1.82) is 0 Å². The normalized spacial score (nSPS) is 10.4. The Balaban J connectivity index is 2.03. The average Bonchev–Trinajstić information content (AvgIpc) is 2.53. The van der Waals surface area contributed by atoms with E-state index in [0.717, 1.165) is 11.3 Å². The van der Waals surface area contributed by atoms with Gasteiger partial charge in [0.05, 0.1) is 12.2 Å². The zero-order valence-corrected chi connectivity index (χ0v) is 13.8. The fourth-order valence-electron chi connectivity index (χ4n) is 2.19. The van der Waals surface area contributed by atoms with Crippen LogP contribution in [0.1, 0.15) is 27.2 Å². The van der Waals surface area contributed by atoms with Crippen LogP contribution in [0.4, 0.5) is 0 Å². The Kier molecular flexibility index (Phi) is 5.16. The molecule has 0 saturated heterocycles. The molecule has 122 valence electrons. The maximum absolute atomic E-state index is 12.5. The number of aryl methyl sites for hydroxylation is 2. The predicted octanol–water partition coefficient (Wildman–Crippen LogP) is 1.85. The van der Waals surface area contributed by atoms with Gasteiger partial charge < -0.3 is 9.64 Å². The van der Waals surface area contributed by atoms with E-state index in [-0.39, 0.29) is 11.5 Å². The number of amides is 1. The van der Waals surface area contributed by atoms with E-state index < -0.39 is 5.56 Å². The lowest BCUT2D eigenvalue weighted by Gasteiger charge is -2.18. The summed E-state index contributed by atoms with van der Waals surface area (Å²) < 4.78 is 5.69. The highest BCUT2D eigenvalue weighted by molar-refractivity contribution is 5.95. The van der Waals surface area contributed by atoms with Crippen LogP contribution in [-0.4, -0.2) is 41.2 Å². The van der Waals surface area contributed by atoms with E-state index in [9.17, 15) is 9.59 Å². The summed E-state index contributed by atoms with van der Waals surface area (Å²) in [5.74, 6) is 0.463. The first kappa shape index (κ1) is 16.7. The molecule has 1 heterocycles. The van der Waals surface area contributed by atoms with Crippen molar-refractivity contribution in [3.63, 3.8) is 0 Å². The quantitative estimate of drug-likeness (QED) is 0.913. The first-order chi connectivity index (χ1) is 10.9. The van der Waals surface area contributed by atoms with Gasteiger partial charge in [-0.2, -0.15) is 5.10 Å². The van der Waals surface area contributed by atoms with Crippen molar-refractivity contribution in [1.82, 2.24) is 15.1 Å². The molecule has 0 aliphatic carbocycles. The van der Waals surface area contributed by atoms with Crippen LogP contribution in [-0.2, 0) is 0 Å². The van der Waals surface area contributed by atoms with Gasteiger partial charge in [0, 0.05) is 7.05 Å². The third-order valence-electron chi connectivity index (χ3n) is 3.81. The Hall–Kier alpha value is -2.63. The van der Waals surface area contributed by atoms with E-state index in [2.05, 4.69) is 10.2 Å². The number of aromatic nitrogens is 2. The van der Waals surface area contributed by atoms with E-state index in [1.54, 1.807) is 20.9 Å². The smallest absolute Gasteiger partial charge is 0.277 e. The maximum atomic E-state index is 12.5. The van der Waals surface area contributed by atoms with Crippen molar-refractivity contribution in [2.45, 2.75) is 20.8 Å². The largest absolute Gasteiger partial charge is 0.491 e. The summed E-state index contributed by atoms with van der Waals surface area (Å²) in [4.78, 5) is 25.8. The summed E-state index contributed by atoms with van der Waals surface area (Å²) in [6.07, 6.45) is 0. The number of para-hydroxylation sites is 1. The standard InChI is InChI=1S/C17H21N3O3/c1-11-7-5-6-8-14(11)23-10-9-20(4)17(22)15-12(2)13(3)18-19-16(15)21/h5-8H,9-10H2,1-4H3,(H,19,21). The minimum atomic E-state index is -0.468. The highest BCUT2D eigenvalue weighted by Crippen LogP contribution is 2.16. The van der Waals surface area contributed by atoms with E-state index in [1.165, 1.54) is 4.90 Å². The third kappa shape index (κ3) is 3.77. The number of hydrogen-bond donors (Lipinski definition) is 1. The monoisotopic (exact) mass is 315 g/mol. The van der Waals surface area contributed by atoms with Crippen LogP contribution in [0.25, 0.3) is 0 Å². The van der Waals surface area contributed by atoms with Crippen LogP contribution in [0.3, 0.4) is 0 Å². The summed E-state index contributed by atoms with van der Waals surface area (Å²) in [7, 11) is 1.65. The molecule has 1 N–H and O–H groups in total. The fourth-order valence-corrected chi connectivity index (χ4v) is 2.19. The topological polar surface area (TPSA) is 75.3 Å². The zero-order chi connectivity index (χ0) is 17.0. The summed E-state index contributed by atoms with van der Waals surface area (Å²) >= 11 is 0. The lowest BCUT2D eigenvalue weighted by atomic mass is 10.1. The maximum Gasteiger partial charge on any atom is 0.277 e. The van der Waals surface area contributed by atoms with Crippen LogP contribution in [0.15, 0.2) is 29.1 Å².